The maximum atomic E-state index is 3.81. The molecule has 0 unspecified atom stereocenters. The highest BCUT2D eigenvalue weighted by Crippen LogP contribution is 2.39. The van der Waals surface area contributed by atoms with Crippen molar-refractivity contribution in [2.45, 2.75) is 0 Å². The molecule has 7 aromatic carbocycles. The lowest BCUT2D eigenvalue weighted by atomic mass is 9.97. The van der Waals surface area contributed by atoms with E-state index in [1.807, 2.05) is 12.2 Å². The Balaban J connectivity index is 1.33. The van der Waals surface area contributed by atoms with E-state index in [1.54, 1.807) is 0 Å². The molecule has 8 aromatic rings. The fourth-order valence-electron chi connectivity index (χ4n) is 6.55. The molecule has 0 atom stereocenters. The van der Waals surface area contributed by atoms with Gasteiger partial charge in [-0.3, -0.25) is 0 Å². The van der Waals surface area contributed by atoms with Crippen LogP contribution in [-0.2, 0) is 0 Å². The van der Waals surface area contributed by atoms with Crippen molar-refractivity contribution in [1.82, 2.24) is 4.57 Å². The Bertz CT molecular complexity index is 2370. The van der Waals surface area contributed by atoms with Crippen molar-refractivity contribution < 1.29 is 0 Å². The summed E-state index contributed by atoms with van der Waals surface area (Å²) in [6.45, 7) is 3.81. The number of nitrogens with zero attached hydrogens (tertiary/aromatic N) is 1. The summed E-state index contributed by atoms with van der Waals surface area (Å²) in [5.74, 6) is 0. The van der Waals surface area contributed by atoms with E-state index in [4.69, 9.17) is 0 Å². The zero-order valence-electron chi connectivity index (χ0n) is 24.9. The Morgan fingerprint density at radius 3 is 1.82 bits per heavy atom. The number of fused-ring (bicyclic) bond motifs is 5. The van der Waals surface area contributed by atoms with Crippen LogP contribution in [0.5, 0.6) is 0 Å². The van der Waals surface area contributed by atoms with Gasteiger partial charge < -0.3 is 4.57 Å². The molecule has 0 radical (unpaired) electrons. The highest BCUT2D eigenvalue weighted by atomic mass is 15.0. The summed E-state index contributed by atoms with van der Waals surface area (Å²) in [5, 5.41) is 4.98. The fourth-order valence-corrected chi connectivity index (χ4v) is 6.55. The van der Waals surface area contributed by atoms with Crippen LogP contribution in [0.25, 0.3) is 77.7 Å². The first-order chi connectivity index (χ1) is 22.3. The molecule has 0 saturated carbocycles. The summed E-state index contributed by atoms with van der Waals surface area (Å²) in [7, 11) is 0. The van der Waals surface area contributed by atoms with Gasteiger partial charge in [0.2, 0.25) is 0 Å². The van der Waals surface area contributed by atoms with Gasteiger partial charge in [-0.15, -0.1) is 0 Å². The largest absolute Gasteiger partial charge is 0.309 e. The maximum absolute atomic E-state index is 3.81. The number of hydrogen-bond donors (Lipinski definition) is 0. The molecule has 0 fully saturated rings. The number of benzene rings is 7. The quantitative estimate of drug-likeness (QED) is 0.174. The Morgan fingerprint density at radius 1 is 0.444 bits per heavy atom. The second-order valence-electron chi connectivity index (χ2n) is 11.5. The van der Waals surface area contributed by atoms with Gasteiger partial charge in [-0.2, -0.15) is 0 Å². The predicted octanol–water partition coefficient (Wildman–Crippen LogP) is 12.1. The highest BCUT2D eigenvalue weighted by Gasteiger charge is 2.16. The van der Waals surface area contributed by atoms with Crippen molar-refractivity contribution >= 4 is 38.7 Å². The van der Waals surface area contributed by atoms with Gasteiger partial charge in [0.15, 0.2) is 0 Å². The third kappa shape index (κ3) is 4.85. The zero-order chi connectivity index (χ0) is 30.2. The molecule has 0 saturated heterocycles. The molecular formula is C44H31N. The lowest BCUT2D eigenvalue weighted by molar-refractivity contribution is 1.19. The lowest BCUT2D eigenvalue weighted by Gasteiger charge is -2.12. The van der Waals surface area contributed by atoms with Gasteiger partial charge in [-0.1, -0.05) is 146 Å². The predicted molar refractivity (Wildman–Crippen MR) is 194 cm³/mol. The summed E-state index contributed by atoms with van der Waals surface area (Å²) < 4.78 is 2.44. The van der Waals surface area contributed by atoms with Crippen LogP contribution in [0.4, 0.5) is 0 Å². The zero-order valence-corrected chi connectivity index (χ0v) is 24.9. The van der Waals surface area contributed by atoms with E-state index in [0.717, 1.165) is 11.3 Å². The van der Waals surface area contributed by atoms with E-state index in [0.29, 0.717) is 0 Å². The van der Waals surface area contributed by atoms with E-state index in [1.165, 1.54) is 66.0 Å². The average molecular weight is 574 g/mol. The van der Waals surface area contributed by atoms with Crippen LogP contribution in [0.1, 0.15) is 5.56 Å². The number of allylic oxidation sites excluding steroid dienone is 2. The van der Waals surface area contributed by atoms with Gasteiger partial charge in [0.1, 0.15) is 0 Å². The van der Waals surface area contributed by atoms with E-state index in [9.17, 15) is 0 Å². The number of rotatable bonds is 6. The van der Waals surface area contributed by atoms with Crippen molar-refractivity contribution in [1.29, 1.82) is 0 Å². The minimum absolute atomic E-state index is 1.16. The topological polar surface area (TPSA) is 4.93 Å². The number of para-hydroxylation sites is 1. The Labute approximate surface area is 263 Å². The van der Waals surface area contributed by atoms with Gasteiger partial charge in [0, 0.05) is 21.8 Å². The summed E-state index contributed by atoms with van der Waals surface area (Å²) in [6.07, 6.45) is 5.88. The standard InChI is InChI=1S/C44H31N/c1-2-3-12-31-13-10-16-33(27-31)36-21-24-40-38(29-36)23-26-42-41-25-22-37(30-43(41)45(44(40)42)39-19-8-5-9-20-39)35-18-11-17-34(28-35)32-14-6-4-7-15-32/h2-30H,1H2/b12-3+. The molecule has 0 spiro atoms. The summed E-state index contributed by atoms with van der Waals surface area (Å²) in [6, 6.07) is 57.2. The van der Waals surface area contributed by atoms with Gasteiger partial charge in [-0.25, -0.2) is 0 Å². The summed E-state index contributed by atoms with van der Waals surface area (Å²) in [4.78, 5) is 0. The Kier molecular flexibility index (Phi) is 6.70. The fraction of sp³-hybridized carbons (Fsp3) is 0. The first-order valence-corrected chi connectivity index (χ1v) is 15.4. The third-order valence-electron chi connectivity index (χ3n) is 8.71. The third-order valence-corrected chi connectivity index (χ3v) is 8.71. The van der Waals surface area contributed by atoms with Crippen LogP contribution in [0.15, 0.2) is 176 Å². The first-order valence-electron chi connectivity index (χ1n) is 15.4. The van der Waals surface area contributed by atoms with Crippen molar-refractivity contribution in [3.63, 3.8) is 0 Å². The van der Waals surface area contributed by atoms with E-state index >= 15 is 0 Å². The van der Waals surface area contributed by atoms with Crippen LogP contribution in [0.3, 0.4) is 0 Å². The second kappa shape index (κ2) is 11.3. The molecule has 1 nitrogen and oxygen atoms in total. The number of hydrogen-bond acceptors (Lipinski definition) is 0. The summed E-state index contributed by atoms with van der Waals surface area (Å²) >= 11 is 0. The molecule has 0 aliphatic heterocycles. The van der Waals surface area contributed by atoms with Crippen LogP contribution in [-0.4, -0.2) is 4.57 Å². The monoisotopic (exact) mass is 573 g/mol. The molecule has 1 aromatic heterocycles. The molecule has 0 aliphatic rings. The maximum Gasteiger partial charge on any atom is 0.0619 e. The lowest BCUT2D eigenvalue weighted by Crippen LogP contribution is -1.94. The Hall–Kier alpha value is -5.92. The normalized spacial score (nSPS) is 11.6. The van der Waals surface area contributed by atoms with E-state index in [2.05, 4.69) is 175 Å². The van der Waals surface area contributed by atoms with Crippen molar-refractivity contribution in [3.05, 3.63) is 182 Å². The smallest absolute Gasteiger partial charge is 0.0619 e. The highest BCUT2D eigenvalue weighted by molar-refractivity contribution is 6.19. The molecule has 1 heterocycles. The van der Waals surface area contributed by atoms with Gasteiger partial charge in [0.25, 0.3) is 0 Å². The van der Waals surface area contributed by atoms with Crippen molar-refractivity contribution in [2.24, 2.45) is 0 Å². The Morgan fingerprint density at radius 2 is 1.04 bits per heavy atom. The molecule has 1 heteroatoms. The summed E-state index contributed by atoms with van der Waals surface area (Å²) in [5.41, 5.74) is 12.0. The van der Waals surface area contributed by atoms with Gasteiger partial charge in [-0.05, 0) is 80.7 Å². The number of aromatic nitrogens is 1. The minimum Gasteiger partial charge on any atom is -0.309 e. The molecule has 45 heavy (non-hydrogen) atoms. The van der Waals surface area contributed by atoms with Crippen LogP contribution >= 0.6 is 0 Å². The van der Waals surface area contributed by atoms with Gasteiger partial charge in [0.05, 0.1) is 11.0 Å². The van der Waals surface area contributed by atoms with Crippen LogP contribution in [0, 0.1) is 0 Å². The molecule has 0 aliphatic carbocycles. The van der Waals surface area contributed by atoms with Gasteiger partial charge >= 0.3 is 0 Å². The van der Waals surface area contributed by atoms with Crippen LogP contribution in [0.2, 0.25) is 0 Å². The van der Waals surface area contributed by atoms with E-state index in [-0.39, 0.29) is 0 Å². The molecule has 8 rings (SSSR count). The molecule has 0 bridgehead atoms. The van der Waals surface area contributed by atoms with E-state index < -0.39 is 0 Å². The first kappa shape index (κ1) is 26.7. The minimum atomic E-state index is 1.16. The van der Waals surface area contributed by atoms with Crippen molar-refractivity contribution in [2.75, 3.05) is 0 Å². The molecule has 0 N–H and O–H groups in total. The average Bonchev–Trinajstić information content (AvgIpc) is 3.45. The van der Waals surface area contributed by atoms with Crippen LogP contribution < -0.4 is 0 Å². The molecule has 212 valence electrons. The molecule has 0 amide bonds. The molecular weight excluding hydrogens is 542 g/mol. The second-order valence-corrected chi connectivity index (χ2v) is 11.5. The SMILES string of the molecule is C=C/C=C/c1cccc(-c2ccc3c(ccc4c5ccc(-c6cccc(-c7ccccc7)c6)cc5n(-c5ccccc5)c34)c2)c1. The van der Waals surface area contributed by atoms with Crippen molar-refractivity contribution in [3.8, 4) is 39.1 Å².